The van der Waals surface area contributed by atoms with Crippen molar-refractivity contribution in [2.45, 2.75) is 5.41 Å². The molecule has 0 fully saturated rings. The molecule has 0 saturated carbocycles. The summed E-state index contributed by atoms with van der Waals surface area (Å²) in [6.45, 7) is 8.49. The smallest absolute Gasteiger partial charge is 0.0714 e. The van der Waals surface area contributed by atoms with Crippen LogP contribution in [0.15, 0.2) is 267 Å². The summed E-state index contributed by atoms with van der Waals surface area (Å²) in [4.78, 5) is 1.78. The minimum absolute atomic E-state index is 0.104. The van der Waals surface area contributed by atoms with E-state index in [1.165, 1.54) is 0 Å². The van der Waals surface area contributed by atoms with Crippen molar-refractivity contribution in [3.8, 4) is 11.1 Å². The van der Waals surface area contributed by atoms with Gasteiger partial charge in [0.05, 0.1) is 10.9 Å². The Morgan fingerprint density at radius 2 is 1.11 bits per heavy atom. The molecule has 294 valence electrons. The van der Waals surface area contributed by atoms with Crippen LogP contribution in [0.1, 0.15) is 33.3 Å². The molecule has 9 aromatic rings. The highest BCUT2D eigenvalue weighted by Gasteiger charge is 2.46. The van der Waals surface area contributed by atoms with Crippen molar-refractivity contribution in [1.82, 2.24) is 0 Å². The summed E-state index contributed by atoms with van der Waals surface area (Å²) in [6.07, 6.45) is 13.4. The Balaban J connectivity index is 1.23. The third kappa shape index (κ3) is 6.61. The summed E-state index contributed by atoms with van der Waals surface area (Å²) in [7, 11) is 0. The second kappa shape index (κ2) is 16.6. The number of hydrogen-bond donors (Lipinski definition) is 0. The van der Waals surface area contributed by atoms with Gasteiger partial charge in [-0.1, -0.05) is 219 Å². The number of rotatable bonds is 11. The fraction of sp³-hybridized carbons (Fsp3) is 0.0164. The zero-order chi connectivity index (χ0) is 45.4. The molecule has 0 heterocycles. The lowest BCUT2D eigenvalue weighted by atomic mass is 9.67. The molecule has 1 nitrogen and oxygen atoms in total. The Kier molecular flexibility index (Phi) is 9.03. The first kappa shape index (κ1) is 33.8. The van der Waals surface area contributed by atoms with Crippen molar-refractivity contribution >= 4 is 49.7 Å². The van der Waals surface area contributed by atoms with Gasteiger partial charge in [0, 0.05) is 17.6 Å². The Labute approximate surface area is 370 Å². The minimum atomic E-state index is -0.778. The fourth-order valence-corrected chi connectivity index (χ4v) is 9.31. The molecule has 0 radical (unpaired) electrons. The second-order valence-corrected chi connectivity index (χ2v) is 15.4. The number of fused-ring (bicyclic) bond motifs is 5. The summed E-state index contributed by atoms with van der Waals surface area (Å²) in [5.74, 6) is 0. The second-order valence-electron chi connectivity index (χ2n) is 15.4. The van der Waals surface area contributed by atoms with Crippen molar-refractivity contribution in [3.05, 3.63) is 295 Å². The molecule has 0 spiro atoms. The van der Waals surface area contributed by atoms with E-state index in [1.54, 1.807) is 11.0 Å². The van der Waals surface area contributed by atoms with E-state index in [2.05, 4.69) is 141 Å². The first-order valence-electron chi connectivity index (χ1n) is 22.9. The van der Waals surface area contributed by atoms with E-state index in [0.29, 0.717) is 11.3 Å². The van der Waals surface area contributed by atoms with Gasteiger partial charge in [-0.15, -0.1) is 0 Å². The first-order chi connectivity index (χ1) is 32.4. The lowest BCUT2D eigenvalue weighted by Gasteiger charge is -2.35. The zero-order valence-electron chi connectivity index (χ0n) is 38.2. The molecule has 0 atom stereocenters. The Morgan fingerprint density at radius 1 is 0.532 bits per heavy atom. The molecule has 1 aliphatic carbocycles. The third-order valence-electron chi connectivity index (χ3n) is 12.0. The van der Waals surface area contributed by atoms with Crippen LogP contribution in [0.3, 0.4) is 0 Å². The van der Waals surface area contributed by atoms with Gasteiger partial charge in [0.15, 0.2) is 0 Å². The third-order valence-corrected chi connectivity index (χ3v) is 12.0. The van der Waals surface area contributed by atoms with Gasteiger partial charge >= 0.3 is 0 Å². The Morgan fingerprint density at radius 3 is 1.82 bits per heavy atom. The summed E-state index contributed by atoms with van der Waals surface area (Å²) < 4.78 is 38.9. The van der Waals surface area contributed by atoms with Gasteiger partial charge in [-0.05, 0) is 119 Å². The molecule has 1 heteroatoms. The average molecular weight is 796 g/mol. The lowest BCUT2D eigenvalue weighted by Crippen LogP contribution is -2.29. The average Bonchev–Trinajstić information content (AvgIpc) is 3.66. The molecule has 0 saturated heterocycles. The Bertz CT molecular complexity index is 3430. The minimum Gasteiger partial charge on any atom is -0.317 e. The predicted molar refractivity (Wildman–Crippen MR) is 266 cm³/mol. The van der Waals surface area contributed by atoms with E-state index in [4.69, 9.17) is 0 Å². The number of allylic oxidation sites excluding steroid dienone is 7. The summed E-state index contributed by atoms with van der Waals surface area (Å²) in [6, 6.07) is 61.3. The van der Waals surface area contributed by atoms with Crippen molar-refractivity contribution in [2.24, 2.45) is 0 Å². The molecule has 0 aliphatic heterocycles. The number of nitrogens with zero attached hydrogens (tertiary/aromatic N) is 1. The summed E-state index contributed by atoms with van der Waals surface area (Å²) >= 11 is 0. The molecule has 62 heavy (non-hydrogen) atoms. The molecular weight excluding hydrogens is 747 g/mol. The van der Waals surface area contributed by atoms with Crippen LogP contribution in [0.4, 0.5) is 5.69 Å². The summed E-state index contributed by atoms with van der Waals surface area (Å²) in [5, 5.41) is 6.28. The van der Waals surface area contributed by atoms with Crippen molar-refractivity contribution in [1.29, 1.82) is 0 Å². The SMILES string of the molecule is [2H]c1c([2H])c(N(/C=C/C2=C(C=C)c3ccccc3C2(c2ccccc2)c2ccccc2)C(/C=C/c2cc3ccccc3c3ccccc23)=C/C=C)c([2H])c([2H])c1-c1cccc2ccccc12. The van der Waals surface area contributed by atoms with Crippen LogP contribution < -0.4 is 4.90 Å². The quantitative estimate of drug-likeness (QED) is 0.0931. The van der Waals surface area contributed by atoms with E-state index < -0.39 is 5.41 Å². The van der Waals surface area contributed by atoms with Crippen LogP contribution in [-0.4, -0.2) is 0 Å². The number of hydrogen-bond acceptors (Lipinski definition) is 1. The lowest BCUT2D eigenvalue weighted by molar-refractivity contribution is 0.761. The molecule has 0 aromatic heterocycles. The van der Waals surface area contributed by atoms with Gasteiger partial charge in [0.2, 0.25) is 0 Å². The molecule has 1 aliphatic rings. The van der Waals surface area contributed by atoms with Crippen molar-refractivity contribution < 1.29 is 5.48 Å². The maximum Gasteiger partial charge on any atom is 0.0714 e. The van der Waals surface area contributed by atoms with Gasteiger partial charge < -0.3 is 4.90 Å². The van der Waals surface area contributed by atoms with Crippen molar-refractivity contribution in [2.75, 3.05) is 4.90 Å². The van der Waals surface area contributed by atoms with Gasteiger partial charge in [0.25, 0.3) is 0 Å². The fourth-order valence-electron chi connectivity index (χ4n) is 9.31. The molecule has 9 aromatic carbocycles. The maximum atomic E-state index is 9.83. The van der Waals surface area contributed by atoms with Gasteiger partial charge in [-0.3, -0.25) is 0 Å². The maximum absolute atomic E-state index is 9.83. The zero-order valence-corrected chi connectivity index (χ0v) is 34.2. The van der Waals surface area contributed by atoms with E-state index >= 15 is 0 Å². The highest BCUT2D eigenvalue weighted by Crippen LogP contribution is 2.55. The normalized spacial score (nSPS) is 14.5. The molecule has 0 bridgehead atoms. The molecule has 0 unspecified atom stereocenters. The van der Waals surface area contributed by atoms with Crippen LogP contribution in [0.2, 0.25) is 0 Å². The van der Waals surface area contributed by atoms with E-state index in [0.717, 1.165) is 71.3 Å². The van der Waals surface area contributed by atoms with Crippen LogP contribution in [0.5, 0.6) is 0 Å². The molecule has 0 amide bonds. The van der Waals surface area contributed by atoms with Gasteiger partial charge in [-0.2, -0.15) is 0 Å². The standard InChI is InChI=1S/C61H45N/c1-3-20-50(40-37-47-43-46-22-12-14-29-55(46)57-31-16-15-30-56(47)57)62(51-38-35-45(36-39-51)54-33-19-23-44-21-11-13-28-53(44)54)42-41-60-52(4-2)58-32-17-18-34-59(58)61(60,48-24-7-5-8-25-48)49-26-9-6-10-27-49/h3-43H,1-2H2/b40-37+,42-41+,50-20+/i35D,36D,38D,39D. The largest absolute Gasteiger partial charge is 0.317 e. The molecule has 10 rings (SSSR count). The van der Waals surface area contributed by atoms with Crippen LogP contribution in [0.25, 0.3) is 55.1 Å². The van der Waals surface area contributed by atoms with Gasteiger partial charge in [-0.25, -0.2) is 0 Å². The van der Waals surface area contributed by atoms with Crippen molar-refractivity contribution in [3.63, 3.8) is 0 Å². The first-order valence-corrected chi connectivity index (χ1v) is 20.9. The number of benzene rings is 9. The van der Waals surface area contributed by atoms with Crippen LogP contribution in [0, 0.1) is 0 Å². The van der Waals surface area contributed by atoms with E-state index in [-0.39, 0.29) is 35.4 Å². The highest BCUT2D eigenvalue weighted by atomic mass is 15.1. The Hall–Kier alpha value is -8.00. The topological polar surface area (TPSA) is 3.24 Å². The van der Waals surface area contributed by atoms with Crippen LogP contribution in [-0.2, 0) is 5.41 Å². The van der Waals surface area contributed by atoms with Gasteiger partial charge in [0.1, 0.15) is 0 Å². The van der Waals surface area contributed by atoms with E-state index in [1.807, 2.05) is 91.2 Å². The monoisotopic (exact) mass is 795 g/mol. The van der Waals surface area contributed by atoms with Crippen LogP contribution >= 0.6 is 0 Å². The number of anilines is 1. The highest BCUT2D eigenvalue weighted by molar-refractivity contribution is 6.11. The molecule has 0 N–H and O–H groups in total. The summed E-state index contributed by atoms with van der Waals surface area (Å²) in [5.41, 5.74) is 7.99. The van der Waals surface area contributed by atoms with E-state index in [9.17, 15) is 5.48 Å². The molecular formula is C61H45N. The predicted octanol–water partition coefficient (Wildman–Crippen LogP) is 15.9.